The van der Waals surface area contributed by atoms with E-state index in [4.69, 9.17) is 16.3 Å². The summed E-state index contributed by atoms with van der Waals surface area (Å²) in [6, 6.07) is 11.4. The minimum Gasteiger partial charge on any atom is -0.439 e. The standard InChI is InChI=1S/C16H19ClN2O/c1-3-14-8-12(11-18-4-2)9-16(19-14)20-15-7-5-6-13(17)10-15/h5-10,18H,3-4,11H2,1-2H3. The third-order valence-electron chi connectivity index (χ3n) is 2.87. The zero-order valence-electron chi connectivity index (χ0n) is 11.8. The largest absolute Gasteiger partial charge is 0.439 e. The molecule has 0 saturated carbocycles. The maximum Gasteiger partial charge on any atom is 0.219 e. The Kier molecular flexibility index (Phi) is 5.39. The third-order valence-corrected chi connectivity index (χ3v) is 3.11. The van der Waals surface area contributed by atoms with Gasteiger partial charge in [0.05, 0.1) is 0 Å². The maximum atomic E-state index is 5.96. The Morgan fingerprint density at radius 3 is 2.75 bits per heavy atom. The summed E-state index contributed by atoms with van der Waals surface area (Å²) in [4.78, 5) is 4.49. The van der Waals surface area contributed by atoms with Gasteiger partial charge in [0.25, 0.3) is 0 Å². The average Bonchev–Trinajstić information content (AvgIpc) is 2.45. The van der Waals surface area contributed by atoms with Crippen molar-refractivity contribution < 1.29 is 4.74 Å². The van der Waals surface area contributed by atoms with Crippen molar-refractivity contribution in [2.45, 2.75) is 26.8 Å². The van der Waals surface area contributed by atoms with Crippen molar-refractivity contribution in [2.75, 3.05) is 6.54 Å². The molecule has 0 atom stereocenters. The predicted molar refractivity (Wildman–Crippen MR) is 82.5 cm³/mol. The van der Waals surface area contributed by atoms with Crippen molar-refractivity contribution in [2.24, 2.45) is 0 Å². The van der Waals surface area contributed by atoms with Crippen molar-refractivity contribution in [1.82, 2.24) is 10.3 Å². The van der Waals surface area contributed by atoms with Crippen LogP contribution >= 0.6 is 11.6 Å². The van der Waals surface area contributed by atoms with Crippen molar-refractivity contribution in [1.29, 1.82) is 0 Å². The first-order valence-electron chi connectivity index (χ1n) is 6.85. The summed E-state index contributed by atoms with van der Waals surface area (Å²) < 4.78 is 5.80. The molecule has 1 aromatic heterocycles. The molecule has 1 aromatic carbocycles. The van der Waals surface area contributed by atoms with E-state index in [2.05, 4.69) is 30.2 Å². The molecule has 0 unspecified atom stereocenters. The molecule has 1 N–H and O–H groups in total. The van der Waals surface area contributed by atoms with E-state index >= 15 is 0 Å². The second kappa shape index (κ2) is 7.27. The highest BCUT2D eigenvalue weighted by molar-refractivity contribution is 6.30. The quantitative estimate of drug-likeness (QED) is 0.866. The number of ether oxygens (including phenoxy) is 1. The summed E-state index contributed by atoms with van der Waals surface area (Å²) in [6.07, 6.45) is 0.881. The molecule has 0 bridgehead atoms. The second-order valence-electron chi connectivity index (χ2n) is 4.50. The fourth-order valence-electron chi connectivity index (χ4n) is 1.88. The fourth-order valence-corrected chi connectivity index (χ4v) is 2.06. The fraction of sp³-hybridized carbons (Fsp3) is 0.312. The average molecular weight is 291 g/mol. The van der Waals surface area contributed by atoms with Crippen LogP contribution in [0.25, 0.3) is 0 Å². The van der Waals surface area contributed by atoms with Crippen LogP contribution in [-0.4, -0.2) is 11.5 Å². The topological polar surface area (TPSA) is 34.2 Å². The van der Waals surface area contributed by atoms with Gasteiger partial charge in [-0.3, -0.25) is 0 Å². The summed E-state index contributed by atoms with van der Waals surface area (Å²) in [5, 5.41) is 3.97. The van der Waals surface area contributed by atoms with Crippen LogP contribution in [0.5, 0.6) is 11.6 Å². The highest BCUT2D eigenvalue weighted by Crippen LogP contribution is 2.24. The number of halogens is 1. The van der Waals surface area contributed by atoms with Gasteiger partial charge in [-0.2, -0.15) is 0 Å². The van der Waals surface area contributed by atoms with E-state index in [9.17, 15) is 0 Å². The number of pyridine rings is 1. The molecule has 0 radical (unpaired) electrons. The van der Waals surface area contributed by atoms with E-state index in [0.29, 0.717) is 16.7 Å². The molecule has 3 nitrogen and oxygen atoms in total. The van der Waals surface area contributed by atoms with Crippen LogP contribution in [0.2, 0.25) is 5.02 Å². The Bertz CT molecular complexity index is 572. The number of nitrogens with zero attached hydrogens (tertiary/aromatic N) is 1. The van der Waals surface area contributed by atoms with Gasteiger partial charge in [-0.25, -0.2) is 4.98 Å². The molecule has 0 aliphatic carbocycles. The Labute approximate surface area is 124 Å². The molecule has 1 heterocycles. The molecule has 0 fully saturated rings. The molecule has 20 heavy (non-hydrogen) atoms. The number of hydrogen-bond donors (Lipinski definition) is 1. The number of benzene rings is 1. The molecular weight excluding hydrogens is 272 g/mol. The Balaban J connectivity index is 2.21. The molecule has 2 rings (SSSR count). The van der Waals surface area contributed by atoms with Gasteiger partial charge in [0.15, 0.2) is 0 Å². The van der Waals surface area contributed by atoms with Crippen molar-refractivity contribution in [3.05, 3.63) is 52.7 Å². The molecule has 0 amide bonds. The normalized spacial score (nSPS) is 10.6. The van der Waals surface area contributed by atoms with Crippen molar-refractivity contribution in [3.8, 4) is 11.6 Å². The van der Waals surface area contributed by atoms with Crippen molar-refractivity contribution in [3.63, 3.8) is 0 Å². The zero-order valence-corrected chi connectivity index (χ0v) is 12.6. The lowest BCUT2D eigenvalue weighted by molar-refractivity contribution is 0.459. The van der Waals surface area contributed by atoms with E-state index in [-0.39, 0.29) is 0 Å². The highest BCUT2D eigenvalue weighted by atomic mass is 35.5. The minimum absolute atomic E-state index is 0.611. The van der Waals surface area contributed by atoms with Crippen LogP contribution in [0.3, 0.4) is 0 Å². The summed E-state index contributed by atoms with van der Waals surface area (Å²) in [6.45, 7) is 5.93. The van der Waals surface area contributed by atoms with Gasteiger partial charge in [-0.1, -0.05) is 31.5 Å². The van der Waals surface area contributed by atoms with Gasteiger partial charge in [0.1, 0.15) is 5.75 Å². The van der Waals surface area contributed by atoms with Crippen LogP contribution in [0, 0.1) is 0 Å². The van der Waals surface area contributed by atoms with Crippen LogP contribution < -0.4 is 10.1 Å². The first kappa shape index (κ1) is 14.8. The highest BCUT2D eigenvalue weighted by Gasteiger charge is 2.04. The van der Waals surface area contributed by atoms with Gasteiger partial charge in [0.2, 0.25) is 5.88 Å². The van der Waals surface area contributed by atoms with Crippen LogP contribution in [0.15, 0.2) is 36.4 Å². The van der Waals surface area contributed by atoms with E-state index in [0.717, 1.165) is 25.2 Å². The first-order valence-corrected chi connectivity index (χ1v) is 7.23. The van der Waals surface area contributed by atoms with E-state index in [1.54, 1.807) is 6.07 Å². The van der Waals surface area contributed by atoms with E-state index in [1.807, 2.05) is 24.3 Å². The molecule has 0 saturated heterocycles. The van der Waals surface area contributed by atoms with Gasteiger partial charge in [-0.15, -0.1) is 0 Å². The second-order valence-corrected chi connectivity index (χ2v) is 4.93. The minimum atomic E-state index is 0.611. The molecule has 0 aliphatic rings. The number of aryl methyl sites for hydroxylation is 1. The lowest BCUT2D eigenvalue weighted by Crippen LogP contribution is -2.12. The Hall–Kier alpha value is -1.58. The number of aromatic nitrogens is 1. The summed E-state index contributed by atoms with van der Waals surface area (Å²) in [7, 11) is 0. The molecule has 0 aliphatic heterocycles. The first-order chi connectivity index (χ1) is 9.71. The molecule has 0 spiro atoms. The lowest BCUT2D eigenvalue weighted by atomic mass is 10.2. The maximum absolute atomic E-state index is 5.96. The molecule has 4 heteroatoms. The smallest absolute Gasteiger partial charge is 0.219 e. The van der Waals surface area contributed by atoms with Crippen LogP contribution in [-0.2, 0) is 13.0 Å². The predicted octanol–water partition coefficient (Wildman–Crippen LogP) is 4.20. The van der Waals surface area contributed by atoms with E-state index < -0.39 is 0 Å². The SMILES string of the molecule is CCNCc1cc(CC)nc(Oc2cccc(Cl)c2)c1. The number of hydrogen-bond acceptors (Lipinski definition) is 3. The number of rotatable bonds is 6. The zero-order chi connectivity index (χ0) is 14.4. The summed E-state index contributed by atoms with van der Waals surface area (Å²) in [5.74, 6) is 1.31. The molecule has 2 aromatic rings. The molecular formula is C16H19ClN2O. The monoisotopic (exact) mass is 290 g/mol. The van der Waals surface area contributed by atoms with Gasteiger partial charge < -0.3 is 10.1 Å². The molecule has 106 valence electrons. The van der Waals surface area contributed by atoms with Crippen LogP contribution in [0.4, 0.5) is 0 Å². The summed E-state index contributed by atoms with van der Waals surface area (Å²) in [5.41, 5.74) is 2.20. The summed E-state index contributed by atoms with van der Waals surface area (Å²) >= 11 is 5.96. The lowest BCUT2D eigenvalue weighted by Gasteiger charge is -2.10. The Morgan fingerprint density at radius 1 is 1.20 bits per heavy atom. The van der Waals surface area contributed by atoms with Crippen LogP contribution in [0.1, 0.15) is 25.1 Å². The number of nitrogens with one attached hydrogen (secondary N) is 1. The van der Waals surface area contributed by atoms with Gasteiger partial charge in [0, 0.05) is 23.3 Å². The van der Waals surface area contributed by atoms with Gasteiger partial charge in [-0.05, 0) is 42.8 Å². The third kappa shape index (κ3) is 4.22. The Morgan fingerprint density at radius 2 is 2.05 bits per heavy atom. The van der Waals surface area contributed by atoms with Crippen molar-refractivity contribution >= 4 is 11.6 Å². The van der Waals surface area contributed by atoms with Gasteiger partial charge >= 0.3 is 0 Å². The van der Waals surface area contributed by atoms with E-state index in [1.165, 1.54) is 5.56 Å².